The molecule has 0 atom stereocenters. The first-order valence-electron chi connectivity index (χ1n) is 6.96. The van der Waals surface area contributed by atoms with E-state index >= 15 is 0 Å². The molecule has 4 nitrogen and oxygen atoms in total. The summed E-state index contributed by atoms with van der Waals surface area (Å²) in [4.78, 5) is 25.2. The number of likely N-dealkylation sites (tertiary alicyclic amines) is 1. The van der Waals surface area contributed by atoms with Gasteiger partial charge in [0.2, 0.25) is 5.91 Å². The Bertz CT molecular complexity index is 540. The molecule has 2 amide bonds. The highest BCUT2D eigenvalue weighted by Gasteiger charge is 2.21. The van der Waals surface area contributed by atoms with Crippen LogP contribution in [0.3, 0.4) is 0 Å². The number of carbonyl (C=O) groups excluding carboxylic acids is 2. The molecule has 1 fully saturated rings. The van der Waals surface area contributed by atoms with Crippen molar-refractivity contribution < 1.29 is 9.59 Å². The van der Waals surface area contributed by atoms with Crippen molar-refractivity contribution >= 4 is 35.0 Å². The Labute approximate surface area is 134 Å². The van der Waals surface area contributed by atoms with Gasteiger partial charge in [0.05, 0.1) is 10.6 Å². The van der Waals surface area contributed by atoms with Gasteiger partial charge in [-0.05, 0) is 37.0 Å². The fourth-order valence-electron chi connectivity index (χ4n) is 2.46. The maximum absolute atomic E-state index is 12.1. The van der Waals surface area contributed by atoms with E-state index < -0.39 is 0 Å². The summed E-state index contributed by atoms with van der Waals surface area (Å²) in [5.74, 6) is 0.326. The minimum absolute atomic E-state index is 0.116. The van der Waals surface area contributed by atoms with Crippen molar-refractivity contribution in [1.82, 2.24) is 10.2 Å². The second-order valence-electron chi connectivity index (χ2n) is 5.28. The van der Waals surface area contributed by atoms with E-state index in [4.69, 9.17) is 23.2 Å². The number of hydrogen-bond donors (Lipinski definition) is 1. The molecule has 114 valence electrons. The highest BCUT2D eigenvalue weighted by molar-refractivity contribution is 6.36. The Balaban J connectivity index is 1.83. The molecular formula is C15H18Cl2N2O2. The van der Waals surface area contributed by atoms with Gasteiger partial charge in [0.1, 0.15) is 0 Å². The average Bonchev–Trinajstić information content (AvgIpc) is 2.45. The topological polar surface area (TPSA) is 49.4 Å². The normalized spacial score (nSPS) is 15.9. The highest BCUT2D eigenvalue weighted by atomic mass is 35.5. The van der Waals surface area contributed by atoms with Gasteiger partial charge in [-0.2, -0.15) is 0 Å². The Morgan fingerprint density at radius 3 is 2.52 bits per heavy atom. The number of nitrogens with zero attached hydrogens (tertiary/aromatic N) is 1. The second-order valence-corrected chi connectivity index (χ2v) is 6.13. The summed E-state index contributed by atoms with van der Waals surface area (Å²) < 4.78 is 0. The summed E-state index contributed by atoms with van der Waals surface area (Å²) in [5, 5.41) is 3.76. The number of rotatable bonds is 3. The largest absolute Gasteiger partial charge is 0.352 e. The van der Waals surface area contributed by atoms with Crippen molar-refractivity contribution in [1.29, 1.82) is 0 Å². The molecule has 2 rings (SSSR count). The van der Waals surface area contributed by atoms with Crippen LogP contribution in [0.5, 0.6) is 0 Å². The second kappa shape index (κ2) is 7.14. The van der Waals surface area contributed by atoms with Crippen LogP contribution in [0.2, 0.25) is 10.0 Å². The smallest absolute Gasteiger partial charge is 0.252 e. The minimum atomic E-state index is -0.189. The summed E-state index contributed by atoms with van der Waals surface area (Å²) in [6, 6.07) is 4.83. The number of piperidine rings is 1. The molecule has 0 aliphatic carbocycles. The standard InChI is InChI=1S/C15H18Cl2N2O2/c1-10(20)19-6-4-11(5-7-19)9-18-15(21)13-3-2-12(16)8-14(13)17/h2-3,8,11H,4-7,9H2,1H3,(H,18,21). The molecule has 0 unspecified atom stereocenters. The van der Waals surface area contributed by atoms with E-state index in [1.807, 2.05) is 4.90 Å². The third-order valence-electron chi connectivity index (χ3n) is 3.79. The van der Waals surface area contributed by atoms with Crippen LogP contribution in [-0.2, 0) is 4.79 Å². The highest BCUT2D eigenvalue weighted by Crippen LogP contribution is 2.21. The molecule has 0 saturated carbocycles. The molecule has 1 aliphatic heterocycles. The van der Waals surface area contributed by atoms with Crippen LogP contribution in [0.1, 0.15) is 30.1 Å². The molecule has 21 heavy (non-hydrogen) atoms. The third-order valence-corrected chi connectivity index (χ3v) is 4.33. The number of carbonyl (C=O) groups is 2. The van der Waals surface area contributed by atoms with Crippen molar-refractivity contribution in [2.75, 3.05) is 19.6 Å². The molecule has 1 aromatic carbocycles. The molecule has 0 spiro atoms. The zero-order valence-corrected chi connectivity index (χ0v) is 13.4. The van der Waals surface area contributed by atoms with E-state index in [0.717, 1.165) is 25.9 Å². The lowest BCUT2D eigenvalue weighted by Gasteiger charge is -2.31. The zero-order valence-electron chi connectivity index (χ0n) is 11.9. The van der Waals surface area contributed by atoms with Gasteiger partial charge in [0, 0.05) is 31.6 Å². The van der Waals surface area contributed by atoms with Crippen LogP contribution < -0.4 is 5.32 Å². The van der Waals surface area contributed by atoms with Crippen LogP contribution in [0.15, 0.2) is 18.2 Å². The van der Waals surface area contributed by atoms with E-state index in [9.17, 15) is 9.59 Å². The molecule has 1 saturated heterocycles. The summed E-state index contributed by atoms with van der Waals surface area (Å²) in [5.41, 5.74) is 0.433. The molecule has 0 aromatic heterocycles. The van der Waals surface area contributed by atoms with Crippen LogP contribution in [0, 0.1) is 5.92 Å². The fraction of sp³-hybridized carbons (Fsp3) is 0.467. The van der Waals surface area contributed by atoms with Gasteiger partial charge in [0.15, 0.2) is 0 Å². The Morgan fingerprint density at radius 2 is 1.95 bits per heavy atom. The predicted molar refractivity (Wildman–Crippen MR) is 83.8 cm³/mol. The van der Waals surface area contributed by atoms with E-state index in [1.54, 1.807) is 25.1 Å². The molecule has 0 radical (unpaired) electrons. The van der Waals surface area contributed by atoms with Crippen molar-refractivity contribution in [3.8, 4) is 0 Å². The van der Waals surface area contributed by atoms with Gasteiger partial charge in [-0.3, -0.25) is 9.59 Å². The summed E-state index contributed by atoms with van der Waals surface area (Å²) in [6.45, 7) is 3.71. The number of halogens is 2. The van der Waals surface area contributed by atoms with Crippen molar-refractivity contribution in [3.05, 3.63) is 33.8 Å². The maximum Gasteiger partial charge on any atom is 0.252 e. The van der Waals surface area contributed by atoms with Gasteiger partial charge in [-0.15, -0.1) is 0 Å². The quantitative estimate of drug-likeness (QED) is 0.927. The monoisotopic (exact) mass is 328 g/mol. The lowest BCUT2D eigenvalue weighted by Crippen LogP contribution is -2.40. The summed E-state index contributed by atoms with van der Waals surface area (Å²) in [7, 11) is 0. The molecule has 6 heteroatoms. The average molecular weight is 329 g/mol. The minimum Gasteiger partial charge on any atom is -0.352 e. The van der Waals surface area contributed by atoms with Crippen LogP contribution in [-0.4, -0.2) is 36.3 Å². The molecule has 1 heterocycles. The number of benzene rings is 1. The fourth-order valence-corrected chi connectivity index (χ4v) is 2.95. The summed E-state index contributed by atoms with van der Waals surface area (Å²) in [6.07, 6.45) is 1.82. The Morgan fingerprint density at radius 1 is 1.29 bits per heavy atom. The maximum atomic E-state index is 12.1. The van der Waals surface area contributed by atoms with Gasteiger partial charge in [-0.1, -0.05) is 23.2 Å². The summed E-state index contributed by atoms with van der Waals surface area (Å²) >= 11 is 11.8. The Kier molecular flexibility index (Phi) is 5.48. The molecule has 1 aliphatic rings. The lowest BCUT2D eigenvalue weighted by molar-refractivity contribution is -0.130. The lowest BCUT2D eigenvalue weighted by atomic mass is 9.96. The predicted octanol–water partition coefficient (Wildman–Crippen LogP) is 2.98. The number of nitrogens with one attached hydrogen (secondary N) is 1. The molecule has 1 N–H and O–H groups in total. The Hall–Kier alpha value is -1.26. The van der Waals surface area contributed by atoms with Crippen molar-refractivity contribution in [2.24, 2.45) is 5.92 Å². The van der Waals surface area contributed by atoms with E-state index in [-0.39, 0.29) is 11.8 Å². The third kappa shape index (κ3) is 4.35. The van der Waals surface area contributed by atoms with E-state index in [1.165, 1.54) is 0 Å². The van der Waals surface area contributed by atoms with Gasteiger partial charge >= 0.3 is 0 Å². The van der Waals surface area contributed by atoms with Crippen LogP contribution in [0.25, 0.3) is 0 Å². The number of amides is 2. The number of hydrogen-bond acceptors (Lipinski definition) is 2. The van der Waals surface area contributed by atoms with Crippen LogP contribution >= 0.6 is 23.2 Å². The SMILES string of the molecule is CC(=O)N1CCC(CNC(=O)c2ccc(Cl)cc2Cl)CC1. The van der Waals surface area contributed by atoms with E-state index in [2.05, 4.69) is 5.32 Å². The molecule has 1 aromatic rings. The van der Waals surface area contributed by atoms with Gasteiger partial charge in [-0.25, -0.2) is 0 Å². The van der Waals surface area contributed by atoms with E-state index in [0.29, 0.717) is 28.1 Å². The van der Waals surface area contributed by atoms with Crippen molar-refractivity contribution in [3.63, 3.8) is 0 Å². The first-order valence-corrected chi connectivity index (χ1v) is 7.71. The first-order chi connectivity index (χ1) is 9.97. The van der Waals surface area contributed by atoms with Crippen LogP contribution in [0.4, 0.5) is 0 Å². The zero-order chi connectivity index (χ0) is 15.4. The van der Waals surface area contributed by atoms with Gasteiger partial charge in [0.25, 0.3) is 5.91 Å². The van der Waals surface area contributed by atoms with Gasteiger partial charge < -0.3 is 10.2 Å². The molecular weight excluding hydrogens is 311 g/mol. The molecule has 0 bridgehead atoms. The first kappa shape index (κ1) is 16.1. The van der Waals surface area contributed by atoms with Crippen molar-refractivity contribution in [2.45, 2.75) is 19.8 Å².